The van der Waals surface area contributed by atoms with Crippen molar-refractivity contribution < 1.29 is 13.9 Å². The van der Waals surface area contributed by atoms with Crippen molar-refractivity contribution in [1.82, 2.24) is 10.3 Å². The Morgan fingerprint density at radius 1 is 1.29 bits per heavy atom. The van der Waals surface area contributed by atoms with E-state index in [9.17, 15) is 9.18 Å². The summed E-state index contributed by atoms with van der Waals surface area (Å²) in [5.41, 5.74) is 1.80. The second-order valence-corrected chi connectivity index (χ2v) is 5.77. The number of hydrogen-bond acceptors (Lipinski definition) is 4. The molecule has 0 bridgehead atoms. The second-order valence-electron chi connectivity index (χ2n) is 5.77. The summed E-state index contributed by atoms with van der Waals surface area (Å²) in [5, 5.41) is 2.82. The minimum Gasteiger partial charge on any atom is -0.378 e. The van der Waals surface area contributed by atoms with Gasteiger partial charge in [0, 0.05) is 31.4 Å². The van der Waals surface area contributed by atoms with E-state index in [0.29, 0.717) is 30.9 Å². The number of rotatable bonds is 4. The molecule has 1 aromatic carbocycles. The van der Waals surface area contributed by atoms with Gasteiger partial charge in [-0.2, -0.15) is 0 Å². The summed E-state index contributed by atoms with van der Waals surface area (Å²) < 4.78 is 18.9. The number of carbonyl (C=O) groups excluding carboxylic acids is 1. The molecule has 1 fully saturated rings. The highest BCUT2D eigenvalue weighted by molar-refractivity contribution is 5.94. The number of hydrogen-bond donors (Lipinski definition) is 1. The topological polar surface area (TPSA) is 54.5 Å². The Labute approximate surface area is 140 Å². The molecule has 1 amide bonds. The number of aryl methyl sites for hydroxylation is 1. The highest BCUT2D eigenvalue weighted by Gasteiger charge is 2.13. The standard InChI is InChI=1S/C18H20FN3O2/c1-13-2-3-15(11-16(13)19)18(23)21-12-14-4-5-20-17(10-14)22-6-8-24-9-7-22/h2-5,10-11H,6-9,12H2,1H3,(H,21,23). The van der Waals surface area contributed by atoms with Crippen LogP contribution in [0.25, 0.3) is 0 Å². The summed E-state index contributed by atoms with van der Waals surface area (Å²) in [6.45, 7) is 5.05. The Bertz CT molecular complexity index is 730. The number of ether oxygens (including phenoxy) is 1. The van der Waals surface area contributed by atoms with Gasteiger partial charge in [0.15, 0.2) is 0 Å². The van der Waals surface area contributed by atoms with Crippen LogP contribution in [-0.2, 0) is 11.3 Å². The van der Waals surface area contributed by atoms with E-state index in [0.717, 1.165) is 24.5 Å². The summed E-state index contributed by atoms with van der Waals surface area (Å²) >= 11 is 0. The summed E-state index contributed by atoms with van der Waals surface area (Å²) in [5.74, 6) is 0.214. The van der Waals surface area contributed by atoms with E-state index < -0.39 is 0 Å². The molecule has 0 atom stereocenters. The zero-order valence-electron chi connectivity index (χ0n) is 13.6. The molecule has 5 nitrogen and oxygen atoms in total. The van der Waals surface area contributed by atoms with E-state index in [1.807, 2.05) is 12.1 Å². The number of amides is 1. The lowest BCUT2D eigenvalue weighted by Gasteiger charge is -2.28. The number of carbonyl (C=O) groups is 1. The van der Waals surface area contributed by atoms with Crippen LogP contribution >= 0.6 is 0 Å². The van der Waals surface area contributed by atoms with Crippen LogP contribution in [0.4, 0.5) is 10.2 Å². The highest BCUT2D eigenvalue weighted by Crippen LogP contribution is 2.14. The molecular weight excluding hydrogens is 309 g/mol. The first-order valence-corrected chi connectivity index (χ1v) is 7.95. The second kappa shape index (κ2) is 7.40. The molecule has 1 aliphatic heterocycles. The van der Waals surface area contributed by atoms with E-state index >= 15 is 0 Å². The van der Waals surface area contributed by atoms with Crippen LogP contribution < -0.4 is 10.2 Å². The lowest BCUT2D eigenvalue weighted by atomic mass is 10.1. The Morgan fingerprint density at radius 2 is 2.08 bits per heavy atom. The molecule has 1 aliphatic rings. The monoisotopic (exact) mass is 329 g/mol. The predicted octanol–water partition coefficient (Wildman–Crippen LogP) is 2.30. The zero-order valence-corrected chi connectivity index (χ0v) is 13.6. The first-order valence-electron chi connectivity index (χ1n) is 7.95. The Hall–Kier alpha value is -2.47. The Kier molecular flexibility index (Phi) is 5.05. The van der Waals surface area contributed by atoms with Gasteiger partial charge in [0.2, 0.25) is 0 Å². The van der Waals surface area contributed by atoms with Crippen LogP contribution in [0.3, 0.4) is 0 Å². The van der Waals surface area contributed by atoms with Gasteiger partial charge in [-0.25, -0.2) is 9.37 Å². The lowest BCUT2D eigenvalue weighted by molar-refractivity contribution is 0.0950. The summed E-state index contributed by atoms with van der Waals surface area (Å²) in [6, 6.07) is 8.31. The summed E-state index contributed by atoms with van der Waals surface area (Å²) in [7, 11) is 0. The van der Waals surface area contributed by atoms with Crippen LogP contribution in [0.5, 0.6) is 0 Å². The molecule has 3 rings (SSSR count). The average Bonchev–Trinajstić information content (AvgIpc) is 2.63. The summed E-state index contributed by atoms with van der Waals surface area (Å²) in [6.07, 6.45) is 1.73. The van der Waals surface area contributed by atoms with Gasteiger partial charge in [-0.1, -0.05) is 6.07 Å². The molecule has 1 saturated heterocycles. The minimum atomic E-state index is -0.374. The third kappa shape index (κ3) is 3.89. The molecule has 6 heteroatoms. The van der Waals surface area contributed by atoms with Crippen LogP contribution in [0.1, 0.15) is 21.5 Å². The number of morpholine rings is 1. The third-order valence-corrected chi connectivity index (χ3v) is 4.03. The van der Waals surface area contributed by atoms with Crippen molar-refractivity contribution in [3.63, 3.8) is 0 Å². The fraction of sp³-hybridized carbons (Fsp3) is 0.333. The fourth-order valence-electron chi connectivity index (χ4n) is 2.55. The smallest absolute Gasteiger partial charge is 0.251 e. The average molecular weight is 329 g/mol. The van der Waals surface area contributed by atoms with Crippen molar-refractivity contribution in [1.29, 1.82) is 0 Å². The molecule has 1 N–H and O–H groups in total. The molecule has 2 aromatic rings. The maximum Gasteiger partial charge on any atom is 0.251 e. The van der Waals surface area contributed by atoms with Crippen molar-refractivity contribution in [3.8, 4) is 0 Å². The number of anilines is 1. The quantitative estimate of drug-likeness (QED) is 0.935. The normalized spacial score (nSPS) is 14.5. The molecule has 0 spiro atoms. The van der Waals surface area contributed by atoms with E-state index in [-0.39, 0.29) is 11.7 Å². The SMILES string of the molecule is Cc1ccc(C(=O)NCc2ccnc(N3CCOCC3)c2)cc1F. The van der Waals surface area contributed by atoms with Gasteiger partial charge in [0.05, 0.1) is 13.2 Å². The molecule has 0 radical (unpaired) electrons. The maximum atomic E-state index is 13.6. The van der Waals surface area contributed by atoms with Gasteiger partial charge < -0.3 is 15.0 Å². The van der Waals surface area contributed by atoms with Crippen LogP contribution in [0, 0.1) is 12.7 Å². The van der Waals surface area contributed by atoms with Crippen molar-refractivity contribution >= 4 is 11.7 Å². The van der Waals surface area contributed by atoms with Crippen molar-refractivity contribution in [2.24, 2.45) is 0 Å². The largest absolute Gasteiger partial charge is 0.378 e. The predicted molar refractivity (Wildman–Crippen MR) is 89.6 cm³/mol. The van der Waals surface area contributed by atoms with Gasteiger partial charge in [-0.05, 0) is 42.3 Å². The van der Waals surface area contributed by atoms with Crippen LogP contribution in [-0.4, -0.2) is 37.2 Å². The molecule has 0 saturated carbocycles. The van der Waals surface area contributed by atoms with Gasteiger partial charge in [-0.3, -0.25) is 4.79 Å². The van der Waals surface area contributed by atoms with Gasteiger partial charge >= 0.3 is 0 Å². The van der Waals surface area contributed by atoms with Gasteiger partial charge in [-0.15, -0.1) is 0 Å². The highest BCUT2D eigenvalue weighted by atomic mass is 19.1. The molecular formula is C18H20FN3O2. The third-order valence-electron chi connectivity index (χ3n) is 4.03. The van der Waals surface area contributed by atoms with Crippen molar-refractivity contribution in [2.45, 2.75) is 13.5 Å². The molecule has 24 heavy (non-hydrogen) atoms. The fourth-order valence-corrected chi connectivity index (χ4v) is 2.55. The van der Waals surface area contributed by atoms with Crippen LogP contribution in [0.2, 0.25) is 0 Å². The number of halogens is 1. The minimum absolute atomic E-state index is 0.293. The number of nitrogens with zero attached hydrogens (tertiary/aromatic N) is 2. The first-order chi connectivity index (χ1) is 11.6. The Morgan fingerprint density at radius 3 is 2.83 bits per heavy atom. The number of benzene rings is 1. The number of aromatic nitrogens is 1. The van der Waals surface area contributed by atoms with Crippen molar-refractivity contribution in [2.75, 3.05) is 31.2 Å². The summed E-state index contributed by atoms with van der Waals surface area (Å²) in [4.78, 5) is 18.7. The van der Waals surface area contributed by atoms with E-state index in [1.54, 1.807) is 25.3 Å². The van der Waals surface area contributed by atoms with Crippen LogP contribution in [0.15, 0.2) is 36.5 Å². The van der Waals surface area contributed by atoms with Crippen molar-refractivity contribution in [3.05, 3.63) is 59.0 Å². The lowest BCUT2D eigenvalue weighted by Crippen LogP contribution is -2.36. The first kappa shape index (κ1) is 16.4. The number of pyridine rings is 1. The van der Waals surface area contributed by atoms with E-state index in [1.165, 1.54) is 6.07 Å². The maximum absolute atomic E-state index is 13.6. The molecule has 126 valence electrons. The van der Waals surface area contributed by atoms with Gasteiger partial charge in [0.25, 0.3) is 5.91 Å². The number of nitrogens with one attached hydrogen (secondary N) is 1. The molecule has 0 aliphatic carbocycles. The Balaban J connectivity index is 1.63. The zero-order chi connectivity index (χ0) is 16.9. The molecule has 0 unspecified atom stereocenters. The van der Waals surface area contributed by atoms with E-state index in [4.69, 9.17) is 4.74 Å². The van der Waals surface area contributed by atoms with Gasteiger partial charge in [0.1, 0.15) is 11.6 Å². The molecule has 1 aromatic heterocycles. The van der Waals surface area contributed by atoms with E-state index in [2.05, 4.69) is 15.2 Å². The molecule has 2 heterocycles.